The lowest BCUT2D eigenvalue weighted by molar-refractivity contribution is -0.129. The number of nitrogens with one attached hydrogen (secondary N) is 2. The molecule has 2 N–H and O–H groups in total. The van der Waals surface area contributed by atoms with Crippen molar-refractivity contribution in [3.63, 3.8) is 0 Å². The molecule has 0 unspecified atom stereocenters. The number of carbonyl (C=O) groups excluding carboxylic acids is 2. The number of morpholine rings is 1. The molecule has 0 bridgehead atoms. The Morgan fingerprint density at radius 2 is 2.09 bits per heavy atom. The maximum Gasteiger partial charge on any atom is 0.224 e. The van der Waals surface area contributed by atoms with E-state index >= 15 is 0 Å². The number of hydrogen-bond acceptors (Lipinski definition) is 5. The molecule has 0 radical (unpaired) electrons. The lowest BCUT2D eigenvalue weighted by Crippen LogP contribution is -2.53. The molecule has 2 amide bonds. The average Bonchev–Trinajstić information content (AvgIpc) is 3.11. The summed E-state index contributed by atoms with van der Waals surface area (Å²) < 4.78 is 11.0. The van der Waals surface area contributed by atoms with Crippen molar-refractivity contribution in [2.45, 2.75) is 25.3 Å². The van der Waals surface area contributed by atoms with Gasteiger partial charge in [0, 0.05) is 51.2 Å². The van der Waals surface area contributed by atoms with Gasteiger partial charge in [0.15, 0.2) is 0 Å². The van der Waals surface area contributed by atoms with Crippen molar-refractivity contribution in [2.75, 3.05) is 52.6 Å². The lowest BCUT2D eigenvalue weighted by Gasteiger charge is -2.37. The lowest BCUT2D eigenvalue weighted by atomic mass is 9.95. The van der Waals surface area contributed by atoms with Gasteiger partial charge in [-0.05, 0) is 12.8 Å². The largest absolute Gasteiger partial charge is 0.381 e. The van der Waals surface area contributed by atoms with E-state index < -0.39 is 0 Å². The maximum absolute atomic E-state index is 12.4. The molecule has 7 heteroatoms. The zero-order valence-electron chi connectivity index (χ0n) is 13.6. The third-order valence-electron chi connectivity index (χ3n) is 5.15. The van der Waals surface area contributed by atoms with E-state index in [1.807, 2.05) is 0 Å². The van der Waals surface area contributed by atoms with Crippen LogP contribution in [0.5, 0.6) is 0 Å². The molecule has 130 valence electrons. The maximum atomic E-state index is 12.4. The minimum atomic E-state index is -0.0992. The first-order valence-corrected chi connectivity index (χ1v) is 8.68. The van der Waals surface area contributed by atoms with Crippen LogP contribution in [0.15, 0.2) is 0 Å². The summed E-state index contributed by atoms with van der Waals surface area (Å²) in [6.45, 7) is 6.04. The Bertz CT molecular complexity index is 410. The summed E-state index contributed by atoms with van der Waals surface area (Å²) in [5, 5.41) is 5.89. The predicted octanol–water partition coefficient (Wildman–Crippen LogP) is -0.634. The molecule has 7 nitrogen and oxygen atoms in total. The first-order chi connectivity index (χ1) is 11.2. The fraction of sp³-hybridized carbons (Fsp3) is 0.875. The number of rotatable bonds is 5. The first-order valence-electron chi connectivity index (χ1n) is 8.68. The van der Waals surface area contributed by atoms with Crippen LogP contribution in [-0.2, 0) is 19.1 Å². The minimum Gasteiger partial charge on any atom is -0.381 e. The number of nitrogens with zero attached hydrogens (tertiary/aromatic N) is 1. The van der Waals surface area contributed by atoms with E-state index in [0.29, 0.717) is 37.9 Å². The first kappa shape index (κ1) is 16.7. The second kappa shape index (κ2) is 8.08. The summed E-state index contributed by atoms with van der Waals surface area (Å²) in [7, 11) is 0. The van der Waals surface area contributed by atoms with Crippen molar-refractivity contribution < 1.29 is 19.1 Å². The quantitative estimate of drug-likeness (QED) is 0.703. The standard InChI is InChI=1S/C16H27N3O4/c20-15-2-1-12(9-17-15)16(21)18-10-14(13-3-6-23-11-13)19-4-7-22-8-5-19/h12-14H,1-11H2,(H,17,20)(H,18,21)/t12-,13-,14-/m0/s1. The minimum absolute atomic E-state index is 0.0448. The molecule has 0 spiro atoms. The van der Waals surface area contributed by atoms with Crippen LogP contribution < -0.4 is 10.6 Å². The molecule has 3 saturated heterocycles. The number of ether oxygens (including phenoxy) is 2. The molecule has 0 aromatic carbocycles. The van der Waals surface area contributed by atoms with E-state index in [0.717, 1.165) is 45.9 Å². The highest BCUT2D eigenvalue weighted by atomic mass is 16.5. The van der Waals surface area contributed by atoms with Gasteiger partial charge in [-0.2, -0.15) is 0 Å². The van der Waals surface area contributed by atoms with Crippen LogP contribution in [0.25, 0.3) is 0 Å². The van der Waals surface area contributed by atoms with E-state index in [4.69, 9.17) is 9.47 Å². The van der Waals surface area contributed by atoms with Crippen LogP contribution in [0, 0.1) is 11.8 Å². The van der Waals surface area contributed by atoms with Gasteiger partial charge in [-0.25, -0.2) is 0 Å². The fourth-order valence-corrected chi connectivity index (χ4v) is 3.67. The number of amides is 2. The van der Waals surface area contributed by atoms with E-state index in [1.165, 1.54) is 0 Å². The molecule has 0 aliphatic carbocycles. The van der Waals surface area contributed by atoms with Crippen LogP contribution in [-0.4, -0.2) is 75.4 Å². The summed E-state index contributed by atoms with van der Waals surface area (Å²) in [6, 6.07) is 0.309. The molecular formula is C16H27N3O4. The van der Waals surface area contributed by atoms with E-state index in [1.54, 1.807) is 0 Å². The predicted molar refractivity (Wildman–Crippen MR) is 83.8 cm³/mol. The molecular weight excluding hydrogens is 298 g/mol. The van der Waals surface area contributed by atoms with Gasteiger partial charge < -0.3 is 20.1 Å². The van der Waals surface area contributed by atoms with Gasteiger partial charge in [-0.3, -0.25) is 14.5 Å². The topological polar surface area (TPSA) is 79.9 Å². The van der Waals surface area contributed by atoms with E-state index in [2.05, 4.69) is 15.5 Å². The molecule has 23 heavy (non-hydrogen) atoms. The van der Waals surface area contributed by atoms with Crippen LogP contribution in [0.4, 0.5) is 0 Å². The van der Waals surface area contributed by atoms with Gasteiger partial charge in [-0.15, -0.1) is 0 Å². The molecule has 0 saturated carbocycles. The molecule has 3 aliphatic heterocycles. The van der Waals surface area contributed by atoms with Gasteiger partial charge in [0.1, 0.15) is 0 Å². The second-order valence-electron chi connectivity index (χ2n) is 6.62. The Morgan fingerprint density at radius 3 is 2.74 bits per heavy atom. The van der Waals surface area contributed by atoms with Crippen molar-refractivity contribution in [2.24, 2.45) is 11.8 Å². The van der Waals surface area contributed by atoms with E-state index in [9.17, 15) is 9.59 Å². The normalized spacial score (nSPS) is 30.7. The number of piperidine rings is 1. The smallest absolute Gasteiger partial charge is 0.224 e. The third-order valence-corrected chi connectivity index (χ3v) is 5.15. The summed E-state index contributed by atoms with van der Waals surface area (Å²) in [5.74, 6) is 0.475. The monoisotopic (exact) mass is 325 g/mol. The highest BCUT2D eigenvalue weighted by Gasteiger charge is 2.32. The molecule has 3 heterocycles. The van der Waals surface area contributed by atoms with Crippen LogP contribution >= 0.6 is 0 Å². The van der Waals surface area contributed by atoms with Crippen LogP contribution in [0.2, 0.25) is 0 Å². The third kappa shape index (κ3) is 4.43. The van der Waals surface area contributed by atoms with Crippen molar-refractivity contribution in [1.82, 2.24) is 15.5 Å². The van der Waals surface area contributed by atoms with Crippen molar-refractivity contribution >= 4 is 11.8 Å². The Balaban J connectivity index is 1.52. The zero-order valence-corrected chi connectivity index (χ0v) is 13.6. The highest BCUT2D eigenvalue weighted by Crippen LogP contribution is 2.22. The van der Waals surface area contributed by atoms with Crippen molar-refractivity contribution in [1.29, 1.82) is 0 Å². The Labute approximate surface area is 137 Å². The van der Waals surface area contributed by atoms with Crippen molar-refractivity contribution in [3.8, 4) is 0 Å². The fourth-order valence-electron chi connectivity index (χ4n) is 3.67. The summed E-state index contributed by atoms with van der Waals surface area (Å²) >= 11 is 0. The Hall–Kier alpha value is -1.18. The average molecular weight is 325 g/mol. The SMILES string of the molecule is O=C1CC[C@H](C(=O)NC[C@@H]([C@H]2CCOC2)N2CCOCC2)CN1. The second-order valence-corrected chi connectivity index (χ2v) is 6.62. The molecule has 3 aliphatic rings. The number of hydrogen-bond donors (Lipinski definition) is 2. The van der Waals surface area contributed by atoms with Crippen LogP contribution in [0.3, 0.4) is 0 Å². The molecule has 3 atom stereocenters. The summed E-state index contributed by atoms with van der Waals surface area (Å²) in [6.07, 6.45) is 2.14. The molecule has 0 aromatic rings. The van der Waals surface area contributed by atoms with Gasteiger partial charge >= 0.3 is 0 Å². The van der Waals surface area contributed by atoms with Crippen LogP contribution in [0.1, 0.15) is 19.3 Å². The highest BCUT2D eigenvalue weighted by molar-refractivity contribution is 5.83. The number of carbonyl (C=O) groups is 2. The molecule has 0 aromatic heterocycles. The molecule has 3 rings (SSSR count). The summed E-state index contributed by atoms with van der Waals surface area (Å²) in [4.78, 5) is 26.0. The van der Waals surface area contributed by atoms with Gasteiger partial charge in [0.25, 0.3) is 0 Å². The van der Waals surface area contributed by atoms with Crippen molar-refractivity contribution in [3.05, 3.63) is 0 Å². The molecule has 3 fully saturated rings. The van der Waals surface area contributed by atoms with Gasteiger partial charge in [0.05, 0.1) is 25.7 Å². The van der Waals surface area contributed by atoms with Gasteiger partial charge in [0.2, 0.25) is 11.8 Å². The Kier molecular flexibility index (Phi) is 5.85. The zero-order chi connectivity index (χ0) is 16.1. The van der Waals surface area contributed by atoms with E-state index in [-0.39, 0.29) is 17.7 Å². The summed E-state index contributed by atoms with van der Waals surface area (Å²) in [5.41, 5.74) is 0. The Morgan fingerprint density at radius 1 is 1.26 bits per heavy atom. The van der Waals surface area contributed by atoms with Gasteiger partial charge in [-0.1, -0.05) is 0 Å².